The maximum absolute atomic E-state index is 12.7. The van der Waals surface area contributed by atoms with Gasteiger partial charge in [-0.15, -0.1) is 0 Å². The van der Waals surface area contributed by atoms with E-state index in [1.54, 1.807) is 35.2 Å². The first-order valence-electron chi connectivity index (χ1n) is 8.98. The van der Waals surface area contributed by atoms with Crippen LogP contribution in [0.1, 0.15) is 15.9 Å². The summed E-state index contributed by atoms with van der Waals surface area (Å²) in [6.07, 6.45) is -3.78. The Balaban J connectivity index is 1.47. The van der Waals surface area contributed by atoms with Crippen LogP contribution in [0.4, 0.5) is 19.0 Å². The highest BCUT2D eigenvalue weighted by Crippen LogP contribution is 2.33. The molecule has 1 N–H and O–H groups in total. The maximum Gasteiger partial charge on any atom is 0.417 e. The standard InChI is InChI=1S/C19H18ClF3N4O3/c20-15-10-14(19(21,22)23)11-24-17(15)27-8-6-26(7-9-27)16(28)12-30-25-18(29)13-4-2-1-3-5-13/h1-5,10-11H,6-9,12H2,(H,25,29). The van der Waals surface area contributed by atoms with Crippen LogP contribution in [-0.4, -0.2) is 54.5 Å². The Bertz CT molecular complexity index is 904. The second kappa shape index (κ2) is 9.31. The molecule has 7 nitrogen and oxygen atoms in total. The minimum atomic E-state index is -4.52. The van der Waals surface area contributed by atoms with Crippen LogP contribution in [0.5, 0.6) is 0 Å². The predicted molar refractivity (Wildman–Crippen MR) is 103 cm³/mol. The molecule has 1 aromatic carbocycles. The molecule has 1 fully saturated rings. The van der Waals surface area contributed by atoms with Gasteiger partial charge in [0, 0.05) is 37.9 Å². The number of hydrogen-bond acceptors (Lipinski definition) is 5. The monoisotopic (exact) mass is 442 g/mol. The molecule has 1 saturated heterocycles. The number of nitrogens with one attached hydrogen (secondary N) is 1. The first-order chi connectivity index (χ1) is 14.3. The Labute approximate surface area is 175 Å². The van der Waals surface area contributed by atoms with Crippen molar-refractivity contribution in [1.29, 1.82) is 0 Å². The first-order valence-corrected chi connectivity index (χ1v) is 9.36. The Kier molecular flexibility index (Phi) is 6.78. The van der Waals surface area contributed by atoms with Crippen LogP contribution in [0, 0.1) is 0 Å². The number of aromatic nitrogens is 1. The molecule has 2 amide bonds. The number of piperazine rings is 1. The highest BCUT2D eigenvalue weighted by Gasteiger charge is 2.32. The number of amides is 2. The summed E-state index contributed by atoms with van der Waals surface area (Å²) >= 11 is 5.97. The van der Waals surface area contributed by atoms with E-state index in [2.05, 4.69) is 10.5 Å². The minimum absolute atomic E-state index is 0.100. The molecular weight excluding hydrogens is 425 g/mol. The van der Waals surface area contributed by atoms with Gasteiger partial charge < -0.3 is 9.80 Å². The Hall–Kier alpha value is -2.85. The number of halogens is 4. The second-order valence-corrected chi connectivity index (χ2v) is 6.89. The molecule has 2 heterocycles. The van der Waals surface area contributed by atoms with Crippen molar-refractivity contribution in [3.63, 3.8) is 0 Å². The zero-order valence-electron chi connectivity index (χ0n) is 15.7. The molecule has 0 saturated carbocycles. The third-order valence-electron chi connectivity index (χ3n) is 4.48. The molecule has 0 atom stereocenters. The summed E-state index contributed by atoms with van der Waals surface area (Å²) < 4.78 is 38.2. The van der Waals surface area contributed by atoms with Gasteiger partial charge in [-0.2, -0.15) is 13.2 Å². The van der Waals surface area contributed by atoms with Gasteiger partial charge in [0.25, 0.3) is 11.8 Å². The number of alkyl halides is 3. The van der Waals surface area contributed by atoms with Gasteiger partial charge in [-0.3, -0.25) is 14.4 Å². The topological polar surface area (TPSA) is 74.8 Å². The molecule has 3 rings (SSSR count). The number of anilines is 1. The quantitative estimate of drug-likeness (QED) is 0.721. The van der Waals surface area contributed by atoms with E-state index in [0.29, 0.717) is 31.7 Å². The van der Waals surface area contributed by atoms with Crippen molar-refractivity contribution in [3.8, 4) is 0 Å². The van der Waals surface area contributed by atoms with Crippen LogP contribution in [0.3, 0.4) is 0 Å². The summed E-state index contributed by atoms with van der Waals surface area (Å²) in [5.74, 6) is -0.547. The van der Waals surface area contributed by atoms with Crippen molar-refractivity contribution >= 4 is 29.2 Å². The third-order valence-corrected chi connectivity index (χ3v) is 4.76. The van der Waals surface area contributed by atoms with Gasteiger partial charge >= 0.3 is 6.18 Å². The second-order valence-electron chi connectivity index (χ2n) is 6.48. The van der Waals surface area contributed by atoms with Crippen molar-refractivity contribution in [2.24, 2.45) is 0 Å². The number of benzene rings is 1. The molecule has 2 aromatic rings. The molecule has 0 bridgehead atoms. The van der Waals surface area contributed by atoms with E-state index in [9.17, 15) is 22.8 Å². The fourth-order valence-electron chi connectivity index (χ4n) is 2.89. The number of rotatable bonds is 5. The van der Waals surface area contributed by atoms with Crippen LogP contribution in [0.25, 0.3) is 0 Å². The molecule has 160 valence electrons. The number of carbonyl (C=O) groups is 2. The van der Waals surface area contributed by atoms with E-state index in [1.807, 2.05) is 0 Å². The average molecular weight is 443 g/mol. The number of nitrogens with zero attached hydrogens (tertiary/aromatic N) is 3. The molecule has 1 aliphatic rings. The summed E-state index contributed by atoms with van der Waals surface area (Å²) in [5.41, 5.74) is 1.70. The Morgan fingerprint density at radius 3 is 2.40 bits per heavy atom. The largest absolute Gasteiger partial charge is 0.417 e. The number of hydrogen-bond donors (Lipinski definition) is 1. The summed E-state index contributed by atoms with van der Waals surface area (Å²) in [4.78, 5) is 36.2. The van der Waals surface area contributed by atoms with Gasteiger partial charge in [0.15, 0.2) is 6.61 Å². The normalized spacial score (nSPS) is 14.5. The fourth-order valence-corrected chi connectivity index (χ4v) is 3.18. The van der Waals surface area contributed by atoms with Crippen LogP contribution in [0.15, 0.2) is 42.6 Å². The van der Waals surface area contributed by atoms with Crippen molar-refractivity contribution in [1.82, 2.24) is 15.4 Å². The summed E-state index contributed by atoms with van der Waals surface area (Å²) in [6, 6.07) is 9.24. The van der Waals surface area contributed by atoms with Gasteiger partial charge in [0.2, 0.25) is 0 Å². The summed E-state index contributed by atoms with van der Waals surface area (Å²) in [6.45, 7) is 0.986. The predicted octanol–water partition coefficient (Wildman–Crippen LogP) is 2.76. The zero-order chi connectivity index (χ0) is 21.7. The van der Waals surface area contributed by atoms with Gasteiger partial charge in [0.1, 0.15) is 5.82 Å². The molecule has 0 unspecified atom stereocenters. The SMILES string of the molecule is O=C(NOCC(=O)N1CCN(c2ncc(C(F)(F)F)cc2Cl)CC1)c1ccccc1. The van der Waals surface area contributed by atoms with Crippen LogP contribution >= 0.6 is 11.6 Å². The van der Waals surface area contributed by atoms with Gasteiger partial charge in [-0.25, -0.2) is 10.5 Å². The van der Waals surface area contributed by atoms with Crippen molar-refractivity contribution in [3.05, 3.63) is 58.7 Å². The van der Waals surface area contributed by atoms with Crippen LogP contribution < -0.4 is 10.4 Å². The highest BCUT2D eigenvalue weighted by atomic mass is 35.5. The molecule has 0 aliphatic carbocycles. The Morgan fingerprint density at radius 2 is 1.80 bits per heavy atom. The van der Waals surface area contributed by atoms with Crippen molar-refractivity contribution in [2.45, 2.75) is 6.18 Å². The fraction of sp³-hybridized carbons (Fsp3) is 0.316. The highest BCUT2D eigenvalue weighted by molar-refractivity contribution is 6.33. The van der Waals surface area contributed by atoms with Gasteiger partial charge in [0.05, 0.1) is 10.6 Å². The molecule has 1 aromatic heterocycles. The lowest BCUT2D eigenvalue weighted by Gasteiger charge is -2.35. The van der Waals surface area contributed by atoms with E-state index in [-0.39, 0.29) is 23.4 Å². The summed E-state index contributed by atoms with van der Waals surface area (Å²) in [5, 5.41) is -0.100. The average Bonchev–Trinajstić information content (AvgIpc) is 2.73. The van der Waals surface area contributed by atoms with Gasteiger partial charge in [-0.1, -0.05) is 29.8 Å². The van der Waals surface area contributed by atoms with Crippen LogP contribution in [-0.2, 0) is 15.8 Å². The third kappa shape index (κ3) is 5.39. The van der Waals surface area contributed by atoms with E-state index in [4.69, 9.17) is 16.4 Å². The van der Waals surface area contributed by atoms with E-state index in [0.717, 1.165) is 12.3 Å². The first kappa shape index (κ1) is 21.8. The van der Waals surface area contributed by atoms with E-state index in [1.165, 1.54) is 4.90 Å². The van der Waals surface area contributed by atoms with E-state index >= 15 is 0 Å². The number of hydroxylamine groups is 1. The molecule has 0 radical (unpaired) electrons. The lowest BCUT2D eigenvalue weighted by molar-refractivity contribution is -0.139. The molecule has 11 heteroatoms. The van der Waals surface area contributed by atoms with Crippen molar-refractivity contribution in [2.75, 3.05) is 37.7 Å². The number of carbonyl (C=O) groups excluding carboxylic acids is 2. The van der Waals surface area contributed by atoms with Gasteiger partial charge in [-0.05, 0) is 18.2 Å². The summed E-state index contributed by atoms with van der Waals surface area (Å²) in [7, 11) is 0. The molecular formula is C19H18ClF3N4O3. The van der Waals surface area contributed by atoms with E-state index < -0.39 is 17.6 Å². The lowest BCUT2D eigenvalue weighted by Crippen LogP contribution is -2.50. The minimum Gasteiger partial charge on any atom is -0.352 e. The number of pyridine rings is 1. The molecule has 1 aliphatic heterocycles. The zero-order valence-corrected chi connectivity index (χ0v) is 16.4. The molecule has 0 spiro atoms. The Morgan fingerprint density at radius 1 is 1.13 bits per heavy atom. The van der Waals surface area contributed by atoms with Crippen molar-refractivity contribution < 1.29 is 27.6 Å². The lowest BCUT2D eigenvalue weighted by atomic mass is 10.2. The smallest absolute Gasteiger partial charge is 0.352 e. The van der Waals surface area contributed by atoms with Crippen LogP contribution in [0.2, 0.25) is 5.02 Å². The molecule has 30 heavy (non-hydrogen) atoms. The maximum atomic E-state index is 12.7.